The lowest BCUT2D eigenvalue weighted by molar-refractivity contribution is -0.131. The number of nitrogens with one attached hydrogen (secondary N) is 1. The van der Waals surface area contributed by atoms with Gasteiger partial charge in [-0.05, 0) is 42.7 Å². The number of rotatable bonds is 3. The molecule has 0 radical (unpaired) electrons. The fourth-order valence-electron chi connectivity index (χ4n) is 2.99. The topological polar surface area (TPSA) is 56.4 Å². The number of hydrogen-bond donors (Lipinski definition) is 1. The second-order valence-electron chi connectivity index (χ2n) is 6.35. The summed E-state index contributed by atoms with van der Waals surface area (Å²) in [4.78, 5) is 31.4. The van der Waals surface area contributed by atoms with Crippen LogP contribution in [0.2, 0.25) is 0 Å². The van der Waals surface area contributed by atoms with Crippen LogP contribution in [0.3, 0.4) is 0 Å². The van der Waals surface area contributed by atoms with Crippen molar-refractivity contribution in [3.8, 4) is 0 Å². The predicted octanol–water partition coefficient (Wildman–Crippen LogP) is 2.16. The number of H-pyrrole nitrogens is 1. The van der Waals surface area contributed by atoms with E-state index in [1.165, 1.54) is 11.1 Å². The van der Waals surface area contributed by atoms with Crippen molar-refractivity contribution in [2.75, 3.05) is 26.2 Å². The first-order chi connectivity index (χ1) is 11.5. The van der Waals surface area contributed by atoms with E-state index in [2.05, 4.69) is 31.0 Å². The first-order valence-corrected chi connectivity index (χ1v) is 8.31. The minimum atomic E-state index is 0.00117. The van der Waals surface area contributed by atoms with Gasteiger partial charge in [0.05, 0.1) is 6.42 Å². The SMILES string of the molecule is Cc1ccc(CC(=O)N2CCN(C(=O)c3ccc[nH]3)CC2)cc1C. The van der Waals surface area contributed by atoms with Gasteiger partial charge >= 0.3 is 0 Å². The molecule has 5 nitrogen and oxygen atoms in total. The Morgan fingerprint density at radius 2 is 1.71 bits per heavy atom. The molecule has 1 aromatic carbocycles. The van der Waals surface area contributed by atoms with E-state index in [-0.39, 0.29) is 11.8 Å². The molecule has 1 aliphatic rings. The van der Waals surface area contributed by atoms with E-state index in [1.807, 2.05) is 17.0 Å². The molecule has 1 aliphatic heterocycles. The van der Waals surface area contributed by atoms with Crippen LogP contribution in [0.5, 0.6) is 0 Å². The van der Waals surface area contributed by atoms with Gasteiger partial charge in [0.2, 0.25) is 5.91 Å². The summed E-state index contributed by atoms with van der Waals surface area (Å²) < 4.78 is 0. The van der Waals surface area contributed by atoms with Crippen molar-refractivity contribution in [1.82, 2.24) is 14.8 Å². The Bertz CT molecular complexity index is 729. The van der Waals surface area contributed by atoms with Crippen molar-refractivity contribution in [3.05, 3.63) is 58.9 Å². The fourth-order valence-corrected chi connectivity index (χ4v) is 2.99. The molecule has 1 fully saturated rings. The number of hydrogen-bond acceptors (Lipinski definition) is 2. The van der Waals surface area contributed by atoms with Gasteiger partial charge in [-0.2, -0.15) is 0 Å². The van der Waals surface area contributed by atoms with Gasteiger partial charge in [0.1, 0.15) is 5.69 Å². The maximum atomic E-state index is 12.5. The van der Waals surface area contributed by atoms with Crippen LogP contribution in [0.15, 0.2) is 36.5 Å². The average molecular weight is 325 g/mol. The predicted molar refractivity (Wildman–Crippen MR) is 92.9 cm³/mol. The number of carbonyl (C=O) groups is 2. The van der Waals surface area contributed by atoms with Crippen LogP contribution < -0.4 is 0 Å². The second-order valence-corrected chi connectivity index (χ2v) is 6.35. The van der Waals surface area contributed by atoms with E-state index < -0.39 is 0 Å². The number of aromatic nitrogens is 1. The molecule has 0 unspecified atom stereocenters. The smallest absolute Gasteiger partial charge is 0.270 e. The van der Waals surface area contributed by atoms with Crippen molar-refractivity contribution in [2.24, 2.45) is 0 Å². The molecule has 126 valence electrons. The van der Waals surface area contributed by atoms with Crippen molar-refractivity contribution < 1.29 is 9.59 Å². The number of carbonyl (C=O) groups excluding carboxylic acids is 2. The maximum Gasteiger partial charge on any atom is 0.270 e. The Balaban J connectivity index is 1.55. The van der Waals surface area contributed by atoms with Crippen molar-refractivity contribution in [2.45, 2.75) is 20.3 Å². The van der Waals surface area contributed by atoms with Gasteiger partial charge in [0.15, 0.2) is 0 Å². The van der Waals surface area contributed by atoms with E-state index in [0.29, 0.717) is 38.3 Å². The van der Waals surface area contributed by atoms with E-state index in [9.17, 15) is 9.59 Å². The normalized spacial score (nSPS) is 14.8. The Hall–Kier alpha value is -2.56. The summed E-state index contributed by atoms with van der Waals surface area (Å²) in [7, 11) is 0. The summed E-state index contributed by atoms with van der Waals surface area (Å²) in [6.07, 6.45) is 2.17. The van der Waals surface area contributed by atoms with Crippen molar-refractivity contribution in [3.63, 3.8) is 0 Å². The monoisotopic (exact) mass is 325 g/mol. The zero-order valence-corrected chi connectivity index (χ0v) is 14.2. The molecule has 0 bridgehead atoms. The van der Waals surface area contributed by atoms with E-state index in [4.69, 9.17) is 0 Å². The van der Waals surface area contributed by atoms with Crippen LogP contribution in [0, 0.1) is 13.8 Å². The molecule has 0 spiro atoms. The summed E-state index contributed by atoms with van der Waals surface area (Å²) >= 11 is 0. The lowest BCUT2D eigenvalue weighted by atomic mass is 10.0. The lowest BCUT2D eigenvalue weighted by Crippen LogP contribution is -2.51. The van der Waals surface area contributed by atoms with Crippen molar-refractivity contribution in [1.29, 1.82) is 0 Å². The lowest BCUT2D eigenvalue weighted by Gasteiger charge is -2.34. The van der Waals surface area contributed by atoms with Gasteiger partial charge in [0, 0.05) is 32.4 Å². The minimum absolute atomic E-state index is 0.00117. The number of nitrogens with zero attached hydrogens (tertiary/aromatic N) is 2. The van der Waals surface area contributed by atoms with Crippen LogP contribution in [-0.2, 0) is 11.2 Å². The number of aromatic amines is 1. The summed E-state index contributed by atoms with van der Waals surface area (Å²) in [6, 6.07) is 9.75. The van der Waals surface area contributed by atoms with Crippen LogP contribution in [0.1, 0.15) is 27.2 Å². The fraction of sp³-hybridized carbons (Fsp3) is 0.368. The van der Waals surface area contributed by atoms with Gasteiger partial charge in [-0.1, -0.05) is 18.2 Å². The number of benzene rings is 1. The Morgan fingerprint density at radius 3 is 2.33 bits per heavy atom. The third-order valence-electron chi connectivity index (χ3n) is 4.67. The van der Waals surface area contributed by atoms with E-state index in [0.717, 1.165) is 5.56 Å². The maximum absolute atomic E-state index is 12.5. The van der Waals surface area contributed by atoms with Gasteiger partial charge in [-0.3, -0.25) is 9.59 Å². The summed E-state index contributed by atoms with van der Waals surface area (Å²) in [5, 5.41) is 0. The van der Waals surface area contributed by atoms with E-state index in [1.54, 1.807) is 17.2 Å². The van der Waals surface area contributed by atoms with Gasteiger partial charge in [-0.15, -0.1) is 0 Å². The Labute approximate surface area is 142 Å². The molecule has 2 heterocycles. The van der Waals surface area contributed by atoms with Crippen LogP contribution in [0.4, 0.5) is 0 Å². The molecule has 1 aromatic heterocycles. The average Bonchev–Trinajstić information content (AvgIpc) is 3.12. The molecule has 24 heavy (non-hydrogen) atoms. The highest BCUT2D eigenvalue weighted by Gasteiger charge is 2.25. The first-order valence-electron chi connectivity index (χ1n) is 8.31. The van der Waals surface area contributed by atoms with Crippen LogP contribution in [0.25, 0.3) is 0 Å². The molecular weight excluding hydrogens is 302 g/mol. The molecule has 2 aromatic rings. The molecule has 0 saturated carbocycles. The third kappa shape index (κ3) is 3.50. The molecule has 2 amide bonds. The van der Waals surface area contributed by atoms with Gasteiger partial charge in [-0.25, -0.2) is 0 Å². The third-order valence-corrected chi connectivity index (χ3v) is 4.67. The number of aryl methyl sites for hydroxylation is 2. The Morgan fingerprint density at radius 1 is 1.00 bits per heavy atom. The van der Waals surface area contributed by atoms with Crippen LogP contribution >= 0.6 is 0 Å². The summed E-state index contributed by atoms with van der Waals surface area (Å²) in [5.41, 5.74) is 4.10. The van der Waals surface area contributed by atoms with Crippen LogP contribution in [-0.4, -0.2) is 52.8 Å². The van der Waals surface area contributed by atoms with Gasteiger partial charge in [0.25, 0.3) is 5.91 Å². The number of piperazine rings is 1. The van der Waals surface area contributed by atoms with Crippen molar-refractivity contribution >= 4 is 11.8 Å². The molecule has 1 saturated heterocycles. The quantitative estimate of drug-likeness (QED) is 0.940. The highest BCUT2D eigenvalue weighted by Crippen LogP contribution is 2.13. The minimum Gasteiger partial charge on any atom is -0.357 e. The second kappa shape index (κ2) is 6.91. The largest absolute Gasteiger partial charge is 0.357 e. The number of amides is 2. The Kier molecular flexibility index (Phi) is 4.69. The van der Waals surface area contributed by atoms with E-state index >= 15 is 0 Å². The molecule has 0 aliphatic carbocycles. The zero-order valence-electron chi connectivity index (χ0n) is 14.2. The van der Waals surface area contributed by atoms with Gasteiger partial charge < -0.3 is 14.8 Å². The molecular formula is C19H23N3O2. The molecule has 5 heteroatoms. The standard InChI is InChI=1S/C19H23N3O2/c1-14-5-6-16(12-15(14)2)13-18(23)21-8-10-22(11-9-21)19(24)17-4-3-7-20-17/h3-7,12,20H,8-11,13H2,1-2H3. The molecule has 0 atom stereocenters. The summed E-state index contributed by atoms with van der Waals surface area (Å²) in [6.45, 7) is 6.48. The molecule has 1 N–H and O–H groups in total. The first kappa shape index (κ1) is 16.3. The molecule has 3 rings (SSSR count). The zero-order chi connectivity index (χ0) is 17.1. The highest BCUT2D eigenvalue weighted by molar-refractivity contribution is 5.92. The summed E-state index contributed by atoms with van der Waals surface area (Å²) in [5.74, 6) is 0.131. The highest BCUT2D eigenvalue weighted by atomic mass is 16.2.